The highest BCUT2D eigenvalue weighted by atomic mass is 32.2. The fourth-order valence-electron chi connectivity index (χ4n) is 1.86. The van der Waals surface area contributed by atoms with Gasteiger partial charge in [0.1, 0.15) is 6.61 Å². The maximum atomic E-state index is 11.7. The van der Waals surface area contributed by atoms with E-state index < -0.39 is 12.2 Å². The number of aliphatic hydroxyl groups is 1. The van der Waals surface area contributed by atoms with E-state index in [2.05, 4.69) is 5.32 Å². The SMILES string of the molecule is CC[C@H](NC(=O)OCc1ccccc1)C(O)C1CS1. The van der Waals surface area contributed by atoms with E-state index in [1.54, 1.807) is 11.8 Å². The molecule has 1 aromatic carbocycles. The van der Waals surface area contributed by atoms with Crippen LogP contribution in [0.5, 0.6) is 0 Å². The molecular weight excluding hydrogens is 262 g/mol. The average Bonchev–Trinajstić information content (AvgIpc) is 3.27. The van der Waals surface area contributed by atoms with Crippen LogP contribution >= 0.6 is 11.8 Å². The minimum Gasteiger partial charge on any atom is -0.445 e. The highest BCUT2D eigenvalue weighted by Crippen LogP contribution is 2.34. The molecule has 0 spiro atoms. The smallest absolute Gasteiger partial charge is 0.407 e. The Bertz CT molecular complexity index is 408. The largest absolute Gasteiger partial charge is 0.445 e. The van der Waals surface area contributed by atoms with Crippen LogP contribution in [0.1, 0.15) is 18.9 Å². The number of benzene rings is 1. The van der Waals surface area contributed by atoms with Gasteiger partial charge >= 0.3 is 6.09 Å². The number of amides is 1. The number of carbonyl (C=O) groups excluding carboxylic acids is 1. The van der Waals surface area contributed by atoms with Gasteiger partial charge in [-0.25, -0.2) is 4.79 Å². The summed E-state index contributed by atoms with van der Waals surface area (Å²) in [6.45, 7) is 2.19. The number of carbonyl (C=O) groups is 1. The molecule has 0 bridgehead atoms. The predicted octanol–water partition coefficient (Wildman–Crippen LogP) is 2.17. The van der Waals surface area contributed by atoms with Crippen LogP contribution in [0.4, 0.5) is 4.79 Å². The third kappa shape index (κ3) is 4.44. The molecule has 2 rings (SSSR count). The Morgan fingerprint density at radius 3 is 2.79 bits per heavy atom. The van der Waals surface area contributed by atoms with Crippen LogP contribution in [0, 0.1) is 0 Å². The van der Waals surface area contributed by atoms with E-state index in [1.165, 1.54) is 0 Å². The van der Waals surface area contributed by atoms with Crippen molar-refractivity contribution in [2.24, 2.45) is 0 Å². The van der Waals surface area contributed by atoms with E-state index in [4.69, 9.17) is 4.74 Å². The Morgan fingerprint density at radius 1 is 1.53 bits per heavy atom. The van der Waals surface area contributed by atoms with Crippen LogP contribution < -0.4 is 5.32 Å². The van der Waals surface area contributed by atoms with Crippen molar-refractivity contribution in [1.29, 1.82) is 0 Å². The maximum absolute atomic E-state index is 11.7. The summed E-state index contributed by atoms with van der Waals surface area (Å²) in [5, 5.41) is 13.0. The molecule has 1 heterocycles. The summed E-state index contributed by atoms with van der Waals surface area (Å²) in [4.78, 5) is 11.7. The lowest BCUT2D eigenvalue weighted by Gasteiger charge is -2.21. The molecule has 1 amide bonds. The van der Waals surface area contributed by atoms with Gasteiger partial charge in [0.05, 0.1) is 12.1 Å². The zero-order chi connectivity index (χ0) is 13.7. The molecule has 1 aromatic rings. The number of ether oxygens (including phenoxy) is 1. The van der Waals surface area contributed by atoms with E-state index in [0.717, 1.165) is 11.3 Å². The number of aliphatic hydroxyl groups excluding tert-OH is 1. The van der Waals surface area contributed by atoms with Crippen molar-refractivity contribution in [3.05, 3.63) is 35.9 Å². The first-order valence-electron chi connectivity index (χ1n) is 6.47. The van der Waals surface area contributed by atoms with Crippen molar-refractivity contribution in [2.45, 2.75) is 37.3 Å². The highest BCUT2D eigenvalue weighted by molar-refractivity contribution is 8.06. The van der Waals surface area contributed by atoms with Crippen LogP contribution in [0.2, 0.25) is 0 Å². The van der Waals surface area contributed by atoms with E-state index in [1.807, 2.05) is 37.3 Å². The van der Waals surface area contributed by atoms with Crippen LogP contribution in [0.15, 0.2) is 30.3 Å². The third-order valence-corrected chi connectivity index (χ3v) is 4.11. The first-order valence-corrected chi connectivity index (χ1v) is 7.52. The second kappa shape index (κ2) is 6.82. The quantitative estimate of drug-likeness (QED) is 0.785. The summed E-state index contributed by atoms with van der Waals surface area (Å²) in [5.41, 5.74) is 0.948. The summed E-state index contributed by atoms with van der Waals surface area (Å²) < 4.78 is 5.14. The van der Waals surface area contributed by atoms with Gasteiger partial charge in [-0.3, -0.25) is 0 Å². The summed E-state index contributed by atoms with van der Waals surface area (Å²) in [7, 11) is 0. The Balaban J connectivity index is 1.76. The number of alkyl carbamates (subject to hydrolysis) is 1. The van der Waals surface area contributed by atoms with Crippen molar-refractivity contribution < 1.29 is 14.6 Å². The number of hydrogen-bond donors (Lipinski definition) is 2. The molecule has 2 N–H and O–H groups in total. The highest BCUT2D eigenvalue weighted by Gasteiger charge is 2.36. The monoisotopic (exact) mass is 281 g/mol. The topological polar surface area (TPSA) is 58.6 Å². The van der Waals surface area contributed by atoms with Gasteiger partial charge in [0.2, 0.25) is 0 Å². The molecule has 5 heteroatoms. The zero-order valence-electron chi connectivity index (χ0n) is 10.9. The molecule has 2 unspecified atom stereocenters. The van der Waals surface area contributed by atoms with Crippen LogP contribution in [-0.4, -0.2) is 34.3 Å². The lowest BCUT2D eigenvalue weighted by atomic mass is 10.1. The second-order valence-electron chi connectivity index (χ2n) is 4.58. The van der Waals surface area contributed by atoms with Crippen molar-refractivity contribution in [2.75, 3.05) is 5.75 Å². The normalized spacial score (nSPS) is 20.4. The molecule has 19 heavy (non-hydrogen) atoms. The van der Waals surface area contributed by atoms with Gasteiger partial charge in [0.15, 0.2) is 0 Å². The molecule has 4 nitrogen and oxygen atoms in total. The second-order valence-corrected chi connectivity index (χ2v) is 5.86. The van der Waals surface area contributed by atoms with Crippen LogP contribution in [0.25, 0.3) is 0 Å². The number of thioether (sulfide) groups is 1. The number of nitrogens with one attached hydrogen (secondary N) is 1. The first-order chi connectivity index (χ1) is 9.20. The van der Waals surface area contributed by atoms with E-state index >= 15 is 0 Å². The van der Waals surface area contributed by atoms with Gasteiger partial charge < -0.3 is 15.2 Å². The maximum Gasteiger partial charge on any atom is 0.407 e. The van der Waals surface area contributed by atoms with E-state index in [-0.39, 0.29) is 17.9 Å². The van der Waals surface area contributed by atoms with Gasteiger partial charge in [-0.15, -0.1) is 0 Å². The summed E-state index contributed by atoms with van der Waals surface area (Å²) >= 11 is 1.72. The Kier molecular flexibility index (Phi) is 5.10. The average molecular weight is 281 g/mol. The van der Waals surface area contributed by atoms with Crippen molar-refractivity contribution >= 4 is 17.9 Å². The predicted molar refractivity (Wildman–Crippen MR) is 76.1 cm³/mol. The molecule has 0 aromatic heterocycles. The molecule has 104 valence electrons. The molecule has 1 saturated heterocycles. The molecule has 0 aliphatic carbocycles. The van der Waals surface area contributed by atoms with Crippen molar-refractivity contribution in [1.82, 2.24) is 5.32 Å². The van der Waals surface area contributed by atoms with Gasteiger partial charge in [0, 0.05) is 11.0 Å². The standard InChI is InChI=1S/C14H19NO3S/c1-2-11(13(16)12-9-19-12)15-14(17)18-8-10-6-4-3-5-7-10/h3-7,11-13,16H,2,8-9H2,1H3,(H,15,17)/t11-,12?,13?/m0/s1. The zero-order valence-corrected chi connectivity index (χ0v) is 11.7. The minimum absolute atomic E-state index is 0.233. The van der Waals surface area contributed by atoms with E-state index in [9.17, 15) is 9.90 Å². The third-order valence-electron chi connectivity index (χ3n) is 3.11. The molecule has 0 saturated carbocycles. The Morgan fingerprint density at radius 2 is 2.21 bits per heavy atom. The van der Waals surface area contributed by atoms with Gasteiger partial charge in [0.25, 0.3) is 0 Å². The lowest BCUT2D eigenvalue weighted by Crippen LogP contribution is -2.45. The molecule has 3 atom stereocenters. The van der Waals surface area contributed by atoms with Gasteiger partial charge in [-0.1, -0.05) is 37.3 Å². The van der Waals surface area contributed by atoms with Gasteiger partial charge in [-0.2, -0.15) is 11.8 Å². The fraction of sp³-hybridized carbons (Fsp3) is 0.500. The number of rotatable bonds is 6. The lowest BCUT2D eigenvalue weighted by molar-refractivity contribution is 0.104. The molecule has 1 aliphatic heterocycles. The van der Waals surface area contributed by atoms with Gasteiger partial charge in [-0.05, 0) is 12.0 Å². The molecule has 1 aliphatic rings. The van der Waals surface area contributed by atoms with E-state index in [0.29, 0.717) is 6.42 Å². The fourth-order valence-corrected chi connectivity index (χ4v) is 2.55. The molecule has 1 fully saturated rings. The van der Waals surface area contributed by atoms with Crippen molar-refractivity contribution in [3.8, 4) is 0 Å². The summed E-state index contributed by atoms with van der Waals surface area (Å²) in [5.74, 6) is 0.971. The summed E-state index contributed by atoms with van der Waals surface area (Å²) in [6, 6.07) is 9.29. The first kappa shape index (κ1) is 14.2. The number of hydrogen-bond acceptors (Lipinski definition) is 4. The van der Waals surface area contributed by atoms with Crippen molar-refractivity contribution in [3.63, 3.8) is 0 Å². The van der Waals surface area contributed by atoms with Crippen LogP contribution in [-0.2, 0) is 11.3 Å². The van der Waals surface area contributed by atoms with Crippen LogP contribution in [0.3, 0.4) is 0 Å². The minimum atomic E-state index is -0.487. The Labute approximate surface area is 117 Å². The summed E-state index contributed by atoms with van der Waals surface area (Å²) in [6.07, 6.45) is -0.266. The molecule has 0 radical (unpaired) electrons. The molecular formula is C14H19NO3S. The Hall–Kier alpha value is -1.20.